The van der Waals surface area contributed by atoms with Gasteiger partial charge < -0.3 is 10.6 Å². The molecule has 0 bridgehead atoms. The van der Waals surface area contributed by atoms with Crippen molar-refractivity contribution in [3.05, 3.63) is 5.73 Å². The SMILES string of the molecule is N#CC1CCN(C(=O)[C@H]([NH-])CC(F)(F)F)CC1. The van der Waals surface area contributed by atoms with E-state index in [9.17, 15) is 18.0 Å². The Bertz CT molecular complexity index is 316. The number of piperidine rings is 1. The summed E-state index contributed by atoms with van der Waals surface area (Å²) >= 11 is 0. The highest BCUT2D eigenvalue weighted by molar-refractivity contribution is 5.83. The van der Waals surface area contributed by atoms with E-state index >= 15 is 0 Å². The summed E-state index contributed by atoms with van der Waals surface area (Å²) in [5, 5.41) is 8.64. The molecule has 1 saturated heterocycles. The first-order valence-corrected chi connectivity index (χ1v) is 5.30. The number of rotatable bonds is 2. The molecule has 7 heteroatoms. The summed E-state index contributed by atoms with van der Waals surface area (Å²) < 4.78 is 36.0. The van der Waals surface area contributed by atoms with E-state index in [1.54, 1.807) is 0 Å². The first-order chi connectivity index (χ1) is 7.83. The van der Waals surface area contributed by atoms with E-state index in [-0.39, 0.29) is 19.0 Å². The number of alkyl halides is 3. The van der Waals surface area contributed by atoms with Crippen molar-refractivity contribution in [2.24, 2.45) is 5.92 Å². The molecule has 1 rings (SSSR count). The maximum absolute atomic E-state index is 12.0. The van der Waals surface area contributed by atoms with E-state index in [2.05, 4.69) is 6.07 Å². The zero-order valence-electron chi connectivity index (χ0n) is 9.13. The second kappa shape index (κ2) is 5.36. The number of amides is 1. The number of nitrogens with zero attached hydrogens (tertiary/aromatic N) is 2. The number of halogens is 3. The Labute approximate surface area is 97.2 Å². The molecule has 1 N–H and O–H groups in total. The molecule has 1 amide bonds. The summed E-state index contributed by atoms with van der Waals surface area (Å²) in [6.07, 6.45) is -4.96. The highest BCUT2D eigenvalue weighted by atomic mass is 19.4. The zero-order chi connectivity index (χ0) is 13.1. The van der Waals surface area contributed by atoms with E-state index in [0.29, 0.717) is 12.8 Å². The van der Waals surface area contributed by atoms with Crippen molar-refractivity contribution >= 4 is 5.91 Å². The molecule has 1 heterocycles. The van der Waals surface area contributed by atoms with E-state index in [1.165, 1.54) is 4.90 Å². The fraction of sp³-hybridized carbons (Fsp3) is 0.800. The van der Waals surface area contributed by atoms with Crippen molar-refractivity contribution in [1.29, 1.82) is 5.26 Å². The molecule has 96 valence electrons. The molecule has 0 saturated carbocycles. The number of hydrogen-bond acceptors (Lipinski definition) is 2. The summed E-state index contributed by atoms with van der Waals surface area (Å²) in [6.45, 7) is 0.536. The Morgan fingerprint density at radius 2 is 2.00 bits per heavy atom. The molecule has 0 radical (unpaired) electrons. The van der Waals surface area contributed by atoms with E-state index in [4.69, 9.17) is 11.0 Å². The van der Waals surface area contributed by atoms with Gasteiger partial charge in [0.25, 0.3) is 0 Å². The smallest absolute Gasteiger partial charge is 0.388 e. The first-order valence-electron chi connectivity index (χ1n) is 5.30. The Kier molecular flexibility index (Phi) is 4.34. The van der Waals surface area contributed by atoms with Crippen molar-refractivity contribution in [1.82, 2.24) is 4.90 Å². The minimum atomic E-state index is -4.49. The highest BCUT2D eigenvalue weighted by Crippen LogP contribution is 2.25. The van der Waals surface area contributed by atoms with Crippen LogP contribution in [-0.2, 0) is 4.79 Å². The van der Waals surface area contributed by atoms with Gasteiger partial charge in [-0.15, -0.1) is 0 Å². The van der Waals surface area contributed by atoms with Crippen LogP contribution in [-0.4, -0.2) is 36.1 Å². The number of carbonyl (C=O) groups is 1. The van der Waals surface area contributed by atoms with Crippen molar-refractivity contribution in [3.8, 4) is 6.07 Å². The van der Waals surface area contributed by atoms with E-state index in [1.807, 2.05) is 0 Å². The summed E-state index contributed by atoms with van der Waals surface area (Å²) in [5.41, 5.74) is 7.19. The summed E-state index contributed by atoms with van der Waals surface area (Å²) in [6, 6.07) is 0.282. The third-order valence-corrected chi connectivity index (χ3v) is 2.72. The number of nitriles is 1. The molecule has 4 nitrogen and oxygen atoms in total. The first kappa shape index (κ1) is 13.8. The van der Waals surface area contributed by atoms with Crippen LogP contribution < -0.4 is 0 Å². The van der Waals surface area contributed by atoms with Crippen molar-refractivity contribution < 1.29 is 18.0 Å². The van der Waals surface area contributed by atoms with Crippen LogP contribution in [0.1, 0.15) is 19.3 Å². The molecule has 1 aliphatic heterocycles. The zero-order valence-corrected chi connectivity index (χ0v) is 9.13. The fourth-order valence-corrected chi connectivity index (χ4v) is 1.77. The van der Waals surface area contributed by atoms with E-state index < -0.39 is 24.5 Å². The molecule has 0 aromatic carbocycles. The lowest BCUT2D eigenvalue weighted by molar-refractivity contribution is -0.150. The normalized spacial score (nSPS) is 19.8. The van der Waals surface area contributed by atoms with Crippen LogP contribution in [0.3, 0.4) is 0 Å². The number of hydrogen-bond donors (Lipinski definition) is 0. The molecule has 17 heavy (non-hydrogen) atoms. The molecular weight excluding hydrogens is 235 g/mol. The molecular formula is C10H13F3N3O-. The second-order valence-corrected chi connectivity index (χ2v) is 4.10. The Balaban J connectivity index is 2.46. The Morgan fingerprint density at radius 1 is 1.47 bits per heavy atom. The van der Waals surface area contributed by atoms with Gasteiger partial charge in [0.15, 0.2) is 0 Å². The van der Waals surface area contributed by atoms with Gasteiger partial charge in [-0.25, -0.2) is 0 Å². The van der Waals surface area contributed by atoms with Gasteiger partial charge >= 0.3 is 6.18 Å². The minimum Gasteiger partial charge on any atom is -0.667 e. The van der Waals surface area contributed by atoms with Gasteiger partial charge in [-0.3, -0.25) is 4.79 Å². The van der Waals surface area contributed by atoms with Gasteiger partial charge in [0.1, 0.15) is 0 Å². The lowest BCUT2D eigenvalue weighted by atomic mass is 9.98. The van der Waals surface area contributed by atoms with Crippen LogP contribution in [0.4, 0.5) is 13.2 Å². The third kappa shape index (κ3) is 4.23. The Morgan fingerprint density at radius 3 is 2.41 bits per heavy atom. The van der Waals surface area contributed by atoms with Crippen molar-refractivity contribution in [2.75, 3.05) is 13.1 Å². The molecule has 0 unspecified atom stereocenters. The van der Waals surface area contributed by atoms with Gasteiger partial charge in [-0.05, 0) is 18.9 Å². The fourth-order valence-electron chi connectivity index (χ4n) is 1.77. The van der Waals surface area contributed by atoms with Crippen LogP contribution >= 0.6 is 0 Å². The molecule has 1 aliphatic rings. The van der Waals surface area contributed by atoms with Gasteiger partial charge in [0, 0.05) is 25.4 Å². The molecule has 0 aromatic rings. The standard InChI is InChI=1S/C10H13F3N3O/c11-10(12,13)5-8(15)9(17)16-3-1-7(6-14)2-4-16/h7-8,15H,1-5H2/q-1/t8-/m1/s1. The summed E-state index contributed by atoms with van der Waals surface area (Å²) in [5.74, 6) is -0.926. The molecule has 1 fully saturated rings. The number of nitrogens with one attached hydrogen (secondary N) is 1. The number of likely N-dealkylation sites (tertiary alicyclic amines) is 1. The number of carbonyl (C=O) groups excluding carboxylic acids is 1. The lowest BCUT2D eigenvalue weighted by Gasteiger charge is -2.34. The molecule has 0 spiro atoms. The van der Waals surface area contributed by atoms with Gasteiger partial charge in [0.05, 0.1) is 6.07 Å². The topological polar surface area (TPSA) is 67.9 Å². The maximum atomic E-state index is 12.0. The average Bonchev–Trinajstić information content (AvgIpc) is 2.26. The van der Waals surface area contributed by atoms with Crippen LogP contribution in [0.5, 0.6) is 0 Å². The predicted molar refractivity (Wildman–Crippen MR) is 53.7 cm³/mol. The maximum Gasteiger partial charge on any atom is 0.388 e. The quantitative estimate of drug-likeness (QED) is 0.751. The third-order valence-electron chi connectivity index (χ3n) is 2.72. The molecule has 0 aliphatic carbocycles. The minimum absolute atomic E-state index is 0.133. The van der Waals surface area contributed by atoms with Crippen molar-refractivity contribution in [2.45, 2.75) is 31.5 Å². The van der Waals surface area contributed by atoms with Crippen LogP contribution in [0.2, 0.25) is 0 Å². The second-order valence-electron chi connectivity index (χ2n) is 4.10. The highest BCUT2D eigenvalue weighted by Gasteiger charge is 2.32. The van der Waals surface area contributed by atoms with Gasteiger partial charge in [-0.2, -0.15) is 18.4 Å². The average molecular weight is 248 g/mol. The van der Waals surface area contributed by atoms with Crippen LogP contribution in [0.25, 0.3) is 5.73 Å². The lowest BCUT2D eigenvalue weighted by Crippen LogP contribution is -2.43. The Hall–Kier alpha value is -1.29. The summed E-state index contributed by atoms with van der Waals surface area (Å²) in [4.78, 5) is 12.8. The van der Waals surface area contributed by atoms with Gasteiger partial charge in [0.2, 0.25) is 5.91 Å². The van der Waals surface area contributed by atoms with Crippen LogP contribution in [0, 0.1) is 17.2 Å². The monoisotopic (exact) mass is 248 g/mol. The van der Waals surface area contributed by atoms with Crippen LogP contribution in [0.15, 0.2) is 0 Å². The van der Waals surface area contributed by atoms with E-state index in [0.717, 1.165) is 0 Å². The predicted octanol–water partition coefficient (Wildman–Crippen LogP) is 2.12. The molecule has 1 atom stereocenters. The molecule has 0 aromatic heterocycles. The van der Waals surface area contributed by atoms with Crippen molar-refractivity contribution in [3.63, 3.8) is 0 Å². The largest absolute Gasteiger partial charge is 0.667 e. The summed E-state index contributed by atoms with van der Waals surface area (Å²) in [7, 11) is 0. The van der Waals surface area contributed by atoms with Gasteiger partial charge in [-0.1, -0.05) is 0 Å².